The number of amides is 1. The number of carbonyl (C=O) groups is 2. The summed E-state index contributed by atoms with van der Waals surface area (Å²) in [5, 5.41) is 10.3. The van der Waals surface area contributed by atoms with Gasteiger partial charge in [0.25, 0.3) is 11.6 Å². The van der Waals surface area contributed by atoms with Crippen molar-refractivity contribution < 1.29 is 19.4 Å². The predicted octanol–water partition coefficient (Wildman–Crippen LogP) is 4.10. The molecule has 1 unspecified atom stereocenters. The molecule has 3 rings (SSSR count). The molecular formula is C18H19BrClNO4. The number of unbranched alkanes of at least 4 members (excludes halogenated alkanes) is 3. The monoisotopic (exact) mass is 427 g/mol. The third-order valence-corrected chi connectivity index (χ3v) is 6.18. The maximum absolute atomic E-state index is 13.0. The summed E-state index contributed by atoms with van der Waals surface area (Å²) in [7, 11) is 1.48. The van der Waals surface area contributed by atoms with Crippen LogP contribution in [0.15, 0.2) is 21.6 Å². The molecule has 1 aromatic carbocycles. The van der Waals surface area contributed by atoms with Gasteiger partial charge in [-0.2, -0.15) is 0 Å². The normalized spacial score (nSPS) is 22.2. The molecule has 1 amide bonds. The van der Waals surface area contributed by atoms with E-state index in [-0.39, 0.29) is 15.3 Å². The van der Waals surface area contributed by atoms with Gasteiger partial charge >= 0.3 is 0 Å². The highest BCUT2D eigenvalue weighted by molar-refractivity contribution is 9.12. The molecule has 5 nitrogen and oxygen atoms in total. The number of ether oxygens (including phenoxy) is 1. The summed E-state index contributed by atoms with van der Waals surface area (Å²) >= 11 is 9.43. The van der Waals surface area contributed by atoms with Crippen LogP contribution in [0.1, 0.15) is 48.5 Å². The first-order valence-electron chi connectivity index (χ1n) is 8.28. The molecule has 25 heavy (non-hydrogen) atoms. The van der Waals surface area contributed by atoms with Crippen LogP contribution >= 0.6 is 27.5 Å². The lowest BCUT2D eigenvalue weighted by molar-refractivity contribution is -0.131. The number of fused-ring (bicyclic) bond motifs is 1. The van der Waals surface area contributed by atoms with Crippen molar-refractivity contribution in [3.8, 4) is 11.5 Å². The zero-order chi connectivity index (χ0) is 18.4. The number of phenolic OH excluding ortho intramolecular Hbond substituents is 1. The Kier molecular flexibility index (Phi) is 4.86. The third-order valence-electron chi connectivity index (χ3n) is 4.77. The number of rotatable bonds is 5. The van der Waals surface area contributed by atoms with Crippen LogP contribution in [0.25, 0.3) is 0 Å². The molecule has 0 aromatic heterocycles. The number of phenols is 1. The summed E-state index contributed by atoms with van der Waals surface area (Å²) in [5.41, 5.74) is -0.748. The highest BCUT2D eigenvalue weighted by Crippen LogP contribution is 2.51. The summed E-state index contributed by atoms with van der Waals surface area (Å²) < 4.78 is 6.09. The summed E-state index contributed by atoms with van der Waals surface area (Å²) in [4.78, 5) is 26.5. The summed E-state index contributed by atoms with van der Waals surface area (Å²) in [6, 6.07) is 3.02. The Morgan fingerprint density at radius 1 is 1.28 bits per heavy atom. The Morgan fingerprint density at radius 2 is 2.00 bits per heavy atom. The van der Waals surface area contributed by atoms with E-state index in [0.29, 0.717) is 23.3 Å². The molecule has 1 spiro atoms. The van der Waals surface area contributed by atoms with Crippen molar-refractivity contribution in [1.29, 1.82) is 0 Å². The van der Waals surface area contributed by atoms with E-state index in [1.165, 1.54) is 24.1 Å². The SMILES string of the molecule is CCCCCCc1c(O)ccc2c1OC1(C2=O)C(Cl)=C(Br)C(=O)N1C. The van der Waals surface area contributed by atoms with Gasteiger partial charge in [-0.25, -0.2) is 0 Å². The van der Waals surface area contributed by atoms with Crippen molar-refractivity contribution in [3.05, 3.63) is 32.8 Å². The van der Waals surface area contributed by atoms with E-state index in [9.17, 15) is 14.7 Å². The fourth-order valence-corrected chi connectivity index (χ4v) is 4.17. The van der Waals surface area contributed by atoms with E-state index in [1.807, 2.05) is 0 Å². The quantitative estimate of drug-likeness (QED) is 0.717. The number of Topliss-reactive ketones (excluding diaryl/α,β-unsaturated/α-hetero) is 1. The molecule has 0 bridgehead atoms. The molecule has 2 heterocycles. The maximum atomic E-state index is 13.0. The second-order valence-electron chi connectivity index (χ2n) is 6.32. The number of nitrogens with zero attached hydrogens (tertiary/aromatic N) is 1. The Balaban J connectivity index is 2.01. The van der Waals surface area contributed by atoms with Gasteiger partial charge in [-0.1, -0.05) is 37.8 Å². The first-order valence-corrected chi connectivity index (χ1v) is 9.45. The molecule has 1 N–H and O–H groups in total. The summed E-state index contributed by atoms with van der Waals surface area (Å²) in [6.45, 7) is 2.13. The molecule has 0 radical (unpaired) electrons. The molecule has 0 fully saturated rings. The second-order valence-corrected chi connectivity index (χ2v) is 7.49. The molecule has 1 aromatic rings. The Labute approximate surface area is 159 Å². The van der Waals surface area contributed by atoms with Crippen LogP contribution in [0.5, 0.6) is 11.5 Å². The number of hydrogen-bond donors (Lipinski definition) is 1. The van der Waals surface area contributed by atoms with Gasteiger partial charge in [-0.3, -0.25) is 14.5 Å². The third kappa shape index (κ3) is 2.57. The highest BCUT2D eigenvalue weighted by atomic mass is 79.9. The molecule has 7 heteroatoms. The molecule has 134 valence electrons. The maximum Gasteiger partial charge on any atom is 0.287 e. The predicted molar refractivity (Wildman–Crippen MR) is 98.2 cm³/mol. The van der Waals surface area contributed by atoms with Gasteiger partial charge in [0.2, 0.25) is 5.78 Å². The van der Waals surface area contributed by atoms with Gasteiger partial charge in [0.05, 0.1) is 5.56 Å². The first kappa shape index (κ1) is 18.3. The number of aromatic hydroxyl groups is 1. The van der Waals surface area contributed by atoms with Crippen LogP contribution in [0.4, 0.5) is 0 Å². The number of halogens is 2. The molecule has 0 saturated heterocycles. The number of hydrogen-bond acceptors (Lipinski definition) is 4. The van der Waals surface area contributed by atoms with Gasteiger partial charge in [0, 0.05) is 12.6 Å². The largest absolute Gasteiger partial charge is 0.508 e. The molecule has 0 saturated carbocycles. The Bertz CT molecular complexity index is 792. The zero-order valence-electron chi connectivity index (χ0n) is 14.1. The van der Waals surface area contributed by atoms with Gasteiger partial charge in [0.15, 0.2) is 0 Å². The lowest BCUT2D eigenvalue weighted by Crippen LogP contribution is -2.53. The minimum absolute atomic E-state index is 0.0117. The van der Waals surface area contributed by atoms with Crippen molar-refractivity contribution in [2.24, 2.45) is 0 Å². The zero-order valence-corrected chi connectivity index (χ0v) is 16.4. The van der Waals surface area contributed by atoms with Crippen molar-refractivity contribution in [1.82, 2.24) is 4.90 Å². The molecule has 2 aliphatic heterocycles. The minimum atomic E-state index is -1.67. The van der Waals surface area contributed by atoms with Crippen LogP contribution < -0.4 is 4.74 Å². The lowest BCUT2D eigenvalue weighted by Gasteiger charge is -2.30. The van der Waals surface area contributed by atoms with Crippen molar-refractivity contribution in [2.45, 2.75) is 44.8 Å². The first-order chi connectivity index (χ1) is 11.9. The fourth-order valence-electron chi connectivity index (χ4n) is 3.30. The number of likely N-dealkylation sites (N-methyl/N-ethyl adjacent to an activating group) is 1. The second kappa shape index (κ2) is 6.65. The van der Waals surface area contributed by atoms with Crippen LogP contribution in [0.2, 0.25) is 0 Å². The summed E-state index contributed by atoms with van der Waals surface area (Å²) in [5.74, 6) is -0.403. The van der Waals surface area contributed by atoms with Crippen LogP contribution in [0, 0.1) is 0 Å². The van der Waals surface area contributed by atoms with Crippen LogP contribution in [-0.4, -0.2) is 34.5 Å². The van der Waals surface area contributed by atoms with E-state index in [1.54, 1.807) is 0 Å². The van der Waals surface area contributed by atoms with Crippen molar-refractivity contribution >= 4 is 39.2 Å². The van der Waals surface area contributed by atoms with E-state index < -0.39 is 17.4 Å². The standard InChI is InChI=1S/C18H19BrClNO4/c1-3-4-5-6-7-10-12(22)9-8-11-14(10)25-18(16(11)23)15(20)13(19)17(24)21(18)2/h8-9,22H,3-7H2,1-2H3. The molecule has 2 aliphatic rings. The topological polar surface area (TPSA) is 66.8 Å². The Hall–Kier alpha value is -1.53. The minimum Gasteiger partial charge on any atom is -0.508 e. The van der Waals surface area contributed by atoms with E-state index in [0.717, 1.165) is 25.7 Å². The number of ketones is 1. The van der Waals surface area contributed by atoms with Gasteiger partial charge in [0.1, 0.15) is 21.0 Å². The number of carbonyl (C=O) groups excluding carboxylic acids is 2. The average molecular weight is 429 g/mol. The average Bonchev–Trinajstić information content (AvgIpc) is 2.98. The van der Waals surface area contributed by atoms with Crippen LogP contribution in [0.3, 0.4) is 0 Å². The number of benzene rings is 1. The molecule has 0 aliphatic carbocycles. The summed E-state index contributed by atoms with van der Waals surface area (Å²) in [6.07, 6.45) is 4.73. The van der Waals surface area contributed by atoms with Gasteiger partial charge < -0.3 is 9.84 Å². The highest BCUT2D eigenvalue weighted by Gasteiger charge is 2.61. The van der Waals surface area contributed by atoms with E-state index in [4.69, 9.17) is 16.3 Å². The molecular weight excluding hydrogens is 410 g/mol. The Morgan fingerprint density at radius 3 is 2.60 bits per heavy atom. The van der Waals surface area contributed by atoms with Crippen molar-refractivity contribution in [3.63, 3.8) is 0 Å². The van der Waals surface area contributed by atoms with E-state index in [2.05, 4.69) is 22.9 Å². The van der Waals surface area contributed by atoms with Crippen molar-refractivity contribution in [2.75, 3.05) is 7.05 Å². The van der Waals surface area contributed by atoms with Crippen LogP contribution in [-0.2, 0) is 11.2 Å². The molecule has 1 atom stereocenters. The van der Waals surface area contributed by atoms with Gasteiger partial charge in [-0.15, -0.1) is 0 Å². The fraction of sp³-hybridized carbons (Fsp3) is 0.444. The van der Waals surface area contributed by atoms with E-state index >= 15 is 0 Å². The smallest absolute Gasteiger partial charge is 0.287 e. The lowest BCUT2D eigenvalue weighted by atomic mass is 9.98. The van der Waals surface area contributed by atoms with Gasteiger partial charge in [-0.05, 0) is 40.9 Å².